The molecule has 0 aliphatic rings. The maximum Gasteiger partial charge on any atom is 0.128 e. The summed E-state index contributed by atoms with van der Waals surface area (Å²) in [6.07, 6.45) is 1.79. The molecular weight excluding hydrogens is 306 g/mol. The monoisotopic (exact) mass is 337 g/mol. The number of aliphatic imine (C=N–C) groups is 1. The first-order valence-electron chi connectivity index (χ1n) is 8.89. The lowest BCUT2D eigenvalue weighted by atomic mass is 9.79. The minimum atomic E-state index is -0.132. The molecule has 2 nitrogen and oxygen atoms in total. The fourth-order valence-electron chi connectivity index (χ4n) is 2.77. The highest BCUT2D eigenvalue weighted by molar-refractivity contribution is 5.87. The fraction of sp³-hybridized carbons (Fsp3) is 0.435. The van der Waals surface area contributed by atoms with Crippen molar-refractivity contribution in [1.29, 1.82) is 0 Å². The number of nitrogens with zero attached hydrogens (tertiary/aromatic N) is 1. The van der Waals surface area contributed by atoms with Crippen LogP contribution in [0.3, 0.4) is 0 Å². The summed E-state index contributed by atoms with van der Waals surface area (Å²) in [7, 11) is 0. The maximum absolute atomic E-state index is 10.8. The SMILES string of the molecule is Cc1cccc(N=Cc2cc(C(C)(C)C)cc(C(C)(C)C)c2O)c1C. The van der Waals surface area contributed by atoms with Gasteiger partial charge in [-0.2, -0.15) is 0 Å². The molecule has 2 aromatic carbocycles. The van der Waals surface area contributed by atoms with Gasteiger partial charge >= 0.3 is 0 Å². The maximum atomic E-state index is 10.8. The Labute approximate surface area is 152 Å². The first-order chi connectivity index (χ1) is 11.4. The van der Waals surface area contributed by atoms with E-state index in [1.54, 1.807) is 6.21 Å². The molecule has 0 spiro atoms. The zero-order valence-corrected chi connectivity index (χ0v) is 16.9. The second-order valence-electron chi connectivity index (χ2n) is 8.94. The van der Waals surface area contributed by atoms with Crippen LogP contribution in [-0.2, 0) is 10.8 Å². The number of aromatic hydroxyl groups is 1. The van der Waals surface area contributed by atoms with Crippen molar-refractivity contribution in [2.24, 2.45) is 4.99 Å². The summed E-state index contributed by atoms with van der Waals surface area (Å²) in [4.78, 5) is 4.66. The number of phenols is 1. The fourth-order valence-corrected chi connectivity index (χ4v) is 2.77. The van der Waals surface area contributed by atoms with Crippen molar-refractivity contribution in [3.63, 3.8) is 0 Å². The number of phenolic OH excluding ortho intramolecular Hbond substituents is 1. The largest absolute Gasteiger partial charge is 0.507 e. The summed E-state index contributed by atoms with van der Waals surface area (Å²) >= 11 is 0. The van der Waals surface area contributed by atoms with E-state index in [9.17, 15) is 5.11 Å². The topological polar surface area (TPSA) is 32.6 Å². The minimum Gasteiger partial charge on any atom is -0.507 e. The molecule has 0 aliphatic heterocycles. The molecule has 2 aromatic rings. The molecule has 0 unspecified atom stereocenters. The third kappa shape index (κ3) is 4.31. The Bertz CT molecular complexity index is 802. The Morgan fingerprint density at radius 1 is 0.920 bits per heavy atom. The lowest BCUT2D eigenvalue weighted by Gasteiger charge is -2.27. The van der Waals surface area contributed by atoms with Crippen LogP contribution in [0.1, 0.15) is 69.4 Å². The van der Waals surface area contributed by atoms with Crippen LogP contribution in [-0.4, -0.2) is 11.3 Å². The van der Waals surface area contributed by atoms with Crippen LogP contribution in [0.2, 0.25) is 0 Å². The number of rotatable bonds is 2. The van der Waals surface area contributed by atoms with E-state index >= 15 is 0 Å². The van der Waals surface area contributed by atoms with Gasteiger partial charge in [0.25, 0.3) is 0 Å². The third-order valence-corrected chi connectivity index (χ3v) is 4.73. The second kappa shape index (κ2) is 6.67. The van der Waals surface area contributed by atoms with Gasteiger partial charge in [-0.15, -0.1) is 0 Å². The van der Waals surface area contributed by atoms with Gasteiger partial charge in [-0.05, 0) is 53.5 Å². The van der Waals surface area contributed by atoms with Gasteiger partial charge in [0.05, 0.1) is 5.69 Å². The van der Waals surface area contributed by atoms with Crippen LogP contribution >= 0.6 is 0 Å². The molecule has 0 aliphatic carbocycles. The molecule has 0 fully saturated rings. The Balaban J connectivity index is 2.60. The number of hydrogen-bond acceptors (Lipinski definition) is 2. The highest BCUT2D eigenvalue weighted by Gasteiger charge is 2.24. The van der Waals surface area contributed by atoms with Crippen LogP contribution in [0.15, 0.2) is 35.3 Å². The standard InChI is InChI=1S/C23H31NO/c1-15-10-9-11-20(16(15)2)24-14-17-12-18(22(3,4)5)13-19(21(17)25)23(6,7)8/h9-14,25H,1-8H3. The van der Waals surface area contributed by atoms with Crippen LogP contribution in [0, 0.1) is 13.8 Å². The summed E-state index contributed by atoms with van der Waals surface area (Å²) < 4.78 is 0. The molecule has 0 aromatic heterocycles. The average molecular weight is 338 g/mol. The van der Waals surface area contributed by atoms with E-state index in [0.717, 1.165) is 16.8 Å². The highest BCUT2D eigenvalue weighted by atomic mass is 16.3. The Kier molecular flexibility index (Phi) is 5.13. The molecule has 0 amide bonds. The van der Waals surface area contributed by atoms with Crippen molar-refractivity contribution in [1.82, 2.24) is 0 Å². The van der Waals surface area contributed by atoms with Gasteiger partial charge in [-0.1, -0.05) is 59.7 Å². The molecule has 0 bridgehead atoms. The summed E-state index contributed by atoms with van der Waals surface area (Å²) in [5.74, 6) is 0.328. The smallest absolute Gasteiger partial charge is 0.128 e. The van der Waals surface area contributed by atoms with Crippen LogP contribution < -0.4 is 0 Å². The number of aryl methyl sites for hydroxylation is 1. The van der Waals surface area contributed by atoms with Crippen LogP contribution in [0.5, 0.6) is 5.75 Å². The second-order valence-corrected chi connectivity index (χ2v) is 8.94. The molecule has 2 heteroatoms. The molecular formula is C23H31NO. The molecule has 1 N–H and O–H groups in total. The number of benzene rings is 2. The first-order valence-corrected chi connectivity index (χ1v) is 8.89. The molecule has 25 heavy (non-hydrogen) atoms. The zero-order chi connectivity index (χ0) is 19.0. The normalized spacial score (nSPS) is 12.8. The van der Waals surface area contributed by atoms with E-state index in [1.165, 1.54) is 16.7 Å². The average Bonchev–Trinajstić information content (AvgIpc) is 2.47. The highest BCUT2D eigenvalue weighted by Crippen LogP contribution is 2.37. The number of hydrogen-bond donors (Lipinski definition) is 1. The van der Waals surface area contributed by atoms with Crippen molar-refractivity contribution >= 4 is 11.9 Å². The Morgan fingerprint density at radius 3 is 2.12 bits per heavy atom. The van der Waals surface area contributed by atoms with E-state index in [1.807, 2.05) is 12.1 Å². The van der Waals surface area contributed by atoms with E-state index in [2.05, 4.69) is 78.6 Å². The summed E-state index contributed by atoms with van der Waals surface area (Å²) in [5, 5.41) is 10.8. The molecule has 0 heterocycles. The molecule has 134 valence electrons. The van der Waals surface area contributed by atoms with Crippen molar-refractivity contribution in [3.05, 3.63) is 58.1 Å². The van der Waals surface area contributed by atoms with Gasteiger partial charge in [0.2, 0.25) is 0 Å². The van der Waals surface area contributed by atoms with Crippen molar-refractivity contribution in [3.8, 4) is 5.75 Å². The quantitative estimate of drug-likeness (QED) is 0.636. The van der Waals surface area contributed by atoms with Crippen molar-refractivity contribution in [2.45, 2.75) is 66.2 Å². The van der Waals surface area contributed by atoms with Gasteiger partial charge in [0.15, 0.2) is 0 Å². The van der Waals surface area contributed by atoms with E-state index in [4.69, 9.17) is 0 Å². The van der Waals surface area contributed by atoms with Gasteiger partial charge in [0.1, 0.15) is 5.75 Å². The predicted molar refractivity (Wildman–Crippen MR) is 109 cm³/mol. The Hall–Kier alpha value is -2.09. The minimum absolute atomic E-state index is 0.00947. The molecule has 0 atom stereocenters. The molecule has 2 rings (SSSR count). The van der Waals surface area contributed by atoms with E-state index < -0.39 is 0 Å². The van der Waals surface area contributed by atoms with Crippen LogP contribution in [0.25, 0.3) is 0 Å². The van der Waals surface area contributed by atoms with E-state index in [-0.39, 0.29) is 10.8 Å². The van der Waals surface area contributed by atoms with Gasteiger partial charge in [-0.25, -0.2) is 0 Å². The lowest BCUT2D eigenvalue weighted by Crippen LogP contribution is -2.17. The first kappa shape index (κ1) is 19.2. The zero-order valence-electron chi connectivity index (χ0n) is 16.9. The molecule has 0 saturated heterocycles. The summed E-state index contributed by atoms with van der Waals surface area (Å²) in [5.41, 5.74) is 6.15. The summed E-state index contributed by atoms with van der Waals surface area (Å²) in [6.45, 7) is 17.1. The molecule has 0 radical (unpaired) electrons. The van der Waals surface area contributed by atoms with Crippen molar-refractivity contribution < 1.29 is 5.11 Å². The third-order valence-electron chi connectivity index (χ3n) is 4.73. The van der Waals surface area contributed by atoms with Gasteiger partial charge < -0.3 is 5.11 Å². The molecule has 0 saturated carbocycles. The van der Waals surface area contributed by atoms with Gasteiger partial charge in [0, 0.05) is 17.3 Å². The predicted octanol–water partition coefficient (Wildman–Crippen LogP) is 6.35. The summed E-state index contributed by atoms with van der Waals surface area (Å²) in [6, 6.07) is 10.3. The van der Waals surface area contributed by atoms with Crippen LogP contribution in [0.4, 0.5) is 5.69 Å². The lowest BCUT2D eigenvalue weighted by molar-refractivity contribution is 0.444. The van der Waals surface area contributed by atoms with Crippen molar-refractivity contribution in [2.75, 3.05) is 0 Å². The van der Waals surface area contributed by atoms with E-state index in [0.29, 0.717) is 5.75 Å². The van der Waals surface area contributed by atoms with Gasteiger partial charge in [-0.3, -0.25) is 4.99 Å². The Morgan fingerprint density at radius 2 is 1.56 bits per heavy atom.